The first-order chi connectivity index (χ1) is 9.27. The number of rotatable bonds is 6. The number of esters is 1. The number of nitrogens with two attached hydrogens (primary N) is 1. The number of methoxy groups -OCH3 is 1. The van der Waals surface area contributed by atoms with Crippen LogP contribution in [0.2, 0.25) is 0 Å². The van der Waals surface area contributed by atoms with Gasteiger partial charge in [-0.3, -0.25) is 0 Å². The normalized spacial score (nSPS) is 11.0. The van der Waals surface area contributed by atoms with E-state index < -0.39 is 5.97 Å². The third-order valence-corrected chi connectivity index (χ3v) is 3.87. The van der Waals surface area contributed by atoms with E-state index in [-0.39, 0.29) is 6.10 Å². The van der Waals surface area contributed by atoms with Gasteiger partial charge in [0, 0.05) is 13.6 Å². The van der Waals surface area contributed by atoms with E-state index in [0.717, 1.165) is 11.5 Å². The molecule has 114 valence electrons. The van der Waals surface area contributed by atoms with Gasteiger partial charge in [-0.1, -0.05) is 13.8 Å². The summed E-state index contributed by atoms with van der Waals surface area (Å²) in [4.78, 5) is 14.2. The van der Waals surface area contributed by atoms with E-state index >= 15 is 0 Å². The number of nitrogens with zero attached hydrogens (tertiary/aromatic N) is 1. The number of thiophene rings is 1. The van der Waals surface area contributed by atoms with Crippen LogP contribution in [0.15, 0.2) is 0 Å². The summed E-state index contributed by atoms with van der Waals surface area (Å²) in [5.41, 5.74) is 6.42. The number of carbonyl (C=O) groups is 1. The zero-order valence-corrected chi connectivity index (χ0v) is 13.8. The second-order valence-corrected chi connectivity index (χ2v) is 6.41. The molecule has 0 unspecified atom stereocenters. The molecule has 1 rings (SSSR count). The molecule has 0 saturated carbocycles. The zero-order chi connectivity index (χ0) is 15.4. The van der Waals surface area contributed by atoms with Crippen LogP contribution in [-0.4, -0.2) is 32.8 Å². The second kappa shape index (κ2) is 6.83. The van der Waals surface area contributed by atoms with Gasteiger partial charge < -0.3 is 20.1 Å². The summed E-state index contributed by atoms with van der Waals surface area (Å²) in [5, 5.41) is 0.866. The van der Waals surface area contributed by atoms with Crippen LogP contribution >= 0.6 is 11.3 Å². The molecule has 0 aliphatic rings. The molecular formula is C14H24N2O3S. The number of anilines is 2. The van der Waals surface area contributed by atoms with Crippen molar-refractivity contribution in [1.29, 1.82) is 0 Å². The van der Waals surface area contributed by atoms with Gasteiger partial charge in [0.1, 0.15) is 15.6 Å². The number of hydrogen-bond acceptors (Lipinski definition) is 6. The van der Waals surface area contributed by atoms with E-state index in [9.17, 15) is 4.79 Å². The summed E-state index contributed by atoms with van der Waals surface area (Å²) in [6.07, 6.45) is -0.0106. The van der Waals surface area contributed by atoms with Crippen molar-refractivity contribution < 1.29 is 14.3 Å². The minimum Gasteiger partial charge on any atom is -0.486 e. The van der Waals surface area contributed by atoms with E-state index in [1.165, 1.54) is 18.4 Å². The molecule has 0 atom stereocenters. The molecule has 1 aromatic rings. The van der Waals surface area contributed by atoms with E-state index in [0.29, 0.717) is 22.2 Å². The van der Waals surface area contributed by atoms with E-state index in [1.54, 1.807) is 0 Å². The van der Waals surface area contributed by atoms with Crippen LogP contribution in [0.1, 0.15) is 37.4 Å². The molecule has 5 nitrogen and oxygen atoms in total. The lowest BCUT2D eigenvalue weighted by molar-refractivity contribution is 0.0607. The highest BCUT2D eigenvalue weighted by Crippen LogP contribution is 2.45. The summed E-state index contributed by atoms with van der Waals surface area (Å²) in [6, 6.07) is 0. The monoisotopic (exact) mass is 300 g/mol. The third-order valence-electron chi connectivity index (χ3n) is 2.59. The Labute approximate surface area is 124 Å². The highest BCUT2D eigenvalue weighted by atomic mass is 32.1. The molecule has 0 spiro atoms. The van der Waals surface area contributed by atoms with E-state index in [1.807, 2.05) is 20.9 Å². The first-order valence-electron chi connectivity index (χ1n) is 6.66. The first-order valence-corrected chi connectivity index (χ1v) is 7.47. The van der Waals surface area contributed by atoms with Crippen molar-refractivity contribution in [3.05, 3.63) is 4.88 Å². The van der Waals surface area contributed by atoms with Gasteiger partial charge in [0.2, 0.25) is 0 Å². The maximum atomic E-state index is 11.8. The Hall–Kier alpha value is -1.43. The van der Waals surface area contributed by atoms with Gasteiger partial charge in [0.15, 0.2) is 5.75 Å². The quantitative estimate of drug-likeness (QED) is 0.818. The molecule has 1 heterocycles. The Morgan fingerprint density at radius 1 is 1.35 bits per heavy atom. The third kappa shape index (κ3) is 3.79. The van der Waals surface area contributed by atoms with Crippen LogP contribution in [0.3, 0.4) is 0 Å². The van der Waals surface area contributed by atoms with Crippen molar-refractivity contribution in [2.45, 2.75) is 33.8 Å². The molecular weight excluding hydrogens is 276 g/mol. The van der Waals surface area contributed by atoms with Gasteiger partial charge in [-0.05, 0) is 19.8 Å². The average Bonchev–Trinajstić information content (AvgIpc) is 2.65. The molecule has 0 aromatic carbocycles. The molecule has 0 radical (unpaired) electrons. The van der Waals surface area contributed by atoms with Gasteiger partial charge in [-0.2, -0.15) is 0 Å². The fraction of sp³-hybridized carbons (Fsp3) is 0.643. The summed E-state index contributed by atoms with van der Waals surface area (Å²) < 4.78 is 10.6. The van der Waals surface area contributed by atoms with Crippen molar-refractivity contribution in [3.8, 4) is 5.75 Å². The smallest absolute Gasteiger partial charge is 0.350 e. The highest BCUT2D eigenvalue weighted by molar-refractivity contribution is 7.19. The predicted molar refractivity (Wildman–Crippen MR) is 83.9 cm³/mol. The molecule has 6 heteroatoms. The lowest BCUT2D eigenvalue weighted by Gasteiger charge is -2.22. The van der Waals surface area contributed by atoms with Crippen LogP contribution < -0.4 is 15.4 Å². The standard InChI is InChI=1S/C14H24N2O3S/c1-8(2)7-16(5)13-11(19-9(3)4)10(15)12(20-13)14(17)18-6/h8-9H,7,15H2,1-6H3. The molecule has 0 fully saturated rings. The van der Waals surface area contributed by atoms with Crippen LogP contribution in [-0.2, 0) is 4.74 Å². The van der Waals surface area contributed by atoms with Crippen LogP contribution in [0.4, 0.5) is 10.7 Å². The predicted octanol–water partition coefficient (Wildman–Crippen LogP) is 3.00. The SMILES string of the molecule is COC(=O)c1sc(N(C)CC(C)C)c(OC(C)C)c1N. The lowest BCUT2D eigenvalue weighted by atomic mass is 10.2. The van der Waals surface area contributed by atoms with Crippen molar-refractivity contribution >= 4 is 28.0 Å². The van der Waals surface area contributed by atoms with Crippen molar-refractivity contribution in [2.75, 3.05) is 31.3 Å². The van der Waals surface area contributed by atoms with Crippen LogP contribution in [0.25, 0.3) is 0 Å². The first kappa shape index (κ1) is 16.6. The minimum atomic E-state index is -0.426. The zero-order valence-electron chi connectivity index (χ0n) is 13.0. The molecule has 20 heavy (non-hydrogen) atoms. The van der Waals surface area contributed by atoms with E-state index in [4.69, 9.17) is 15.2 Å². The summed E-state index contributed by atoms with van der Waals surface area (Å²) in [5.74, 6) is 0.649. The Kier molecular flexibility index (Phi) is 5.68. The molecule has 0 amide bonds. The summed E-state index contributed by atoms with van der Waals surface area (Å²) in [7, 11) is 3.32. The number of hydrogen-bond donors (Lipinski definition) is 1. The molecule has 1 aromatic heterocycles. The Bertz CT molecular complexity index is 469. The summed E-state index contributed by atoms with van der Waals surface area (Å²) in [6.45, 7) is 8.99. The fourth-order valence-electron chi connectivity index (χ4n) is 1.89. The molecule has 0 aliphatic carbocycles. The van der Waals surface area contributed by atoms with E-state index in [2.05, 4.69) is 18.7 Å². The van der Waals surface area contributed by atoms with Gasteiger partial charge in [0.25, 0.3) is 0 Å². The molecule has 0 saturated heterocycles. The largest absolute Gasteiger partial charge is 0.486 e. The number of ether oxygens (including phenoxy) is 2. The van der Waals surface area contributed by atoms with Crippen molar-refractivity contribution in [1.82, 2.24) is 0 Å². The molecule has 0 bridgehead atoms. The fourth-order valence-corrected chi connectivity index (χ4v) is 2.94. The maximum Gasteiger partial charge on any atom is 0.350 e. The van der Waals surface area contributed by atoms with Crippen molar-refractivity contribution in [2.24, 2.45) is 5.92 Å². The second-order valence-electron chi connectivity index (χ2n) is 5.41. The van der Waals surface area contributed by atoms with Crippen LogP contribution in [0.5, 0.6) is 5.75 Å². The molecule has 0 aliphatic heterocycles. The van der Waals surface area contributed by atoms with Crippen molar-refractivity contribution in [3.63, 3.8) is 0 Å². The van der Waals surface area contributed by atoms with Crippen LogP contribution in [0, 0.1) is 5.92 Å². The Balaban J connectivity index is 3.22. The number of carbonyl (C=O) groups excluding carboxylic acids is 1. The van der Waals surface area contributed by atoms with Gasteiger partial charge in [-0.25, -0.2) is 4.79 Å². The maximum absolute atomic E-state index is 11.8. The number of nitrogen functional groups attached to an aromatic ring is 1. The minimum absolute atomic E-state index is 0.0106. The lowest BCUT2D eigenvalue weighted by Crippen LogP contribution is -2.22. The van der Waals surface area contributed by atoms with Gasteiger partial charge in [0.05, 0.1) is 13.2 Å². The summed E-state index contributed by atoms with van der Waals surface area (Å²) >= 11 is 1.31. The van der Waals surface area contributed by atoms with Gasteiger partial charge in [-0.15, -0.1) is 11.3 Å². The average molecular weight is 300 g/mol. The Morgan fingerprint density at radius 3 is 2.40 bits per heavy atom. The van der Waals surface area contributed by atoms with Gasteiger partial charge >= 0.3 is 5.97 Å². The molecule has 2 N–H and O–H groups in total. The topological polar surface area (TPSA) is 64.8 Å². The Morgan fingerprint density at radius 2 is 1.95 bits per heavy atom. The highest BCUT2D eigenvalue weighted by Gasteiger charge is 2.25.